The van der Waals surface area contributed by atoms with Gasteiger partial charge < -0.3 is 0 Å². The normalized spacial score (nSPS) is 13.0. The Morgan fingerprint density at radius 1 is 1.36 bits per heavy atom. The van der Waals surface area contributed by atoms with Crippen molar-refractivity contribution in [1.82, 2.24) is 0 Å². The van der Waals surface area contributed by atoms with E-state index in [9.17, 15) is 0 Å². The fraction of sp³-hybridized carbons (Fsp3) is 0.333. The highest BCUT2D eigenvalue weighted by Gasteiger charge is 2.01. The number of hydrogen-bond donors (Lipinski definition) is 0. The van der Waals surface area contributed by atoms with Crippen molar-refractivity contribution in [2.75, 3.05) is 4.43 Å². The van der Waals surface area contributed by atoms with Crippen molar-refractivity contribution >= 4 is 34.2 Å². The Hall–Kier alpha value is 0.240. The van der Waals surface area contributed by atoms with E-state index in [0.717, 1.165) is 9.45 Å². The van der Waals surface area contributed by atoms with Gasteiger partial charge in [0, 0.05) is 9.45 Å². The number of hydrogen-bond acceptors (Lipinski definition) is 0. The summed E-state index contributed by atoms with van der Waals surface area (Å²) < 4.78 is 1.15. The first kappa shape index (κ1) is 9.33. The molecule has 2 heteroatoms. The fourth-order valence-electron chi connectivity index (χ4n) is 0.880. The zero-order valence-corrected chi connectivity index (χ0v) is 9.26. The molecule has 0 amide bonds. The molecule has 0 spiro atoms. The summed E-state index contributed by atoms with van der Waals surface area (Å²) in [7, 11) is 0. The first-order chi connectivity index (χ1) is 5.24. The van der Waals surface area contributed by atoms with Crippen molar-refractivity contribution < 1.29 is 0 Å². The third-order valence-electron chi connectivity index (χ3n) is 1.67. The molecular formula is C9H10ClI. The quantitative estimate of drug-likeness (QED) is 0.570. The molecule has 0 heterocycles. The Morgan fingerprint density at radius 2 is 1.91 bits per heavy atom. The molecule has 60 valence electrons. The van der Waals surface area contributed by atoms with Crippen LogP contribution in [0.3, 0.4) is 0 Å². The predicted molar refractivity (Wildman–Crippen MR) is 58.8 cm³/mol. The maximum atomic E-state index is 5.76. The summed E-state index contributed by atoms with van der Waals surface area (Å²) in [5.74, 6) is 0.632. The van der Waals surface area contributed by atoms with Gasteiger partial charge in [0.25, 0.3) is 0 Å². The molecule has 0 N–H and O–H groups in total. The molecule has 1 aromatic rings. The van der Waals surface area contributed by atoms with E-state index in [1.165, 1.54) is 5.56 Å². The highest BCUT2D eigenvalue weighted by atomic mass is 127. The van der Waals surface area contributed by atoms with Gasteiger partial charge in [-0.1, -0.05) is 53.2 Å². The van der Waals surface area contributed by atoms with Gasteiger partial charge in [-0.05, 0) is 23.6 Å². The summed E-state index contributed by atoms with van der Waals surface area (Å²) in [5.41, 5.74) is 1.36. The van der Waals surface area contributed by atoms with E-state index in [0.29, 0.717) is 5.92 Å². The SMILES string of the molecule is CC(CI)c1ccc(Cl)cc1. The molecular weight excluding hydrogens is 270 g/mol. The van der Waals surface area contributed by atoms with E-state index < -0.39 is 0 Å². The predicted octanol–water partition coefficient (Wildman–Crippen LogP) is 3.88. The first-order valence-electron chi connectivity index (χ1n) is 3.55. The summed E-state index contributed by atoms with van der Waals surface area (Å²) in [4.78, 5) is 0. The van der Waals surface area contributed by atoms with E-state index in [1.807, 2.05) is 12.1 Å². The summed E-state index contributed by atoms with van der Waals surface area (Å²) in [6.45, 7) is 2.22. The topological polar surface area (TPSA) is 0 Å². The monoisotopic (exact) mass is 280 g/mol. The Labute approximate surface area is 86.1 Å². The lowest BCUT2D eigenvalue weighted by atomic mass is 10.0. The molecule has 0 aliphatic rings. The van der Waals surface area contributed by atoms with Crippen molar-refractivity contribution in [3.63, 3.8) is 0 Å². The van der Waals surface area contributed by atoms with Crippen LogP contribution >= 0.6 is 34.2 Å². The van der Waals surface area contributed by atoms with Gasteiger partial charge in [0.15, 0.2) is 0 Å². The van der Waals surface area contributed by atoms with Crippen molar-refractivity contribution in [1.29, 1.82) is 0 Å². The van der Waals surface area contributed by atoms with Crippen LogP contribution in [0.25, 0.3) is 0 Å². The van der Waals surface area contributed by atoms with Crippen LogP contribution in [0.2, 0.25) is 5.02 Å². The van der Waals surface area contributed by atoms with E-state index in [4.69, 9.17) is 11.6 Å². The van der Waals surface area contributed by atoms with Gasteiger partial charge in [-0.3, -0.25) is 0 Å². The molecule has 1 aromatic carbocycles. The molecule has 0 radical (unpaired) electrons. The molecule has 1 unspecified atom stereocenters. The smallest absolute Gasteiger partial charge is 0.0406 e. The van der Waals surface area contributed by atoms with Crippen LogP contribution in [0, 0.1) is 0 Å². The van der Waals surface area contributed by atoms with Gasteiger partial charge in [0.1, 0.15) is 0 Å². The Morgan fingerprint density at radius 3 is 2.36 bits per heavy atom. The van der Waals surface area contributed by atoms with Crippen molar-refractivity contribution in [3.05, 3.63) is 34.9 Å². The minimum absolute atomic E-state index is 0.632. The van der Waals surface area contributed by atoms with Gasteiger partial charge in [-0.25, -0.2) is 0 Å². The average molecular weight is 281 g/mol. The maximum Gasteiger partial charge on any atom is 0.0406 e. The summed E-state index contributed by atoms with van der Waals surface area (Å²) in [6.07, 6.45) is 0. The van der Waals surface area contributed by atoms with Crippen molar-refractivity contribution in [3.8, 4) is 0 Å². The molecule has 1 atom stereocenters. The Kier molecular flexibility index (Phi) is 3.66. The number of rotatable bonds is 2. The third-order valence-corrected chi connectivity index (χ3v) is 3.24. The molecule has 0 aliphatic heterocycles. The standard InChI is InChI=1S/C9H10ClI/c1-7(6-11)8-2-4-9(10)5-3-8/h2-5,7H,6H2,1H3. The Balaban J connectivity index is 2.81. The van der Waals surface area contributed by atoms with Crippen LogP contribution in [0.4, 0.5) is 0 Å². The van der Waals surface area contributed by atoms with E-state index in [1.54, 1.807) is 0 Å². The van der Waals surface area contributed by atoms with Gasteiger partial charge in [0.2, 0.25) is 0 Å². The van der Waals surface area contributed by atoms with Crippen LogP contribution in [0.15, 0.2) is 24.3 Å². The first-order valence-corrected chi connectivity index (χ1v) is 5.46. The lowest BCUT2D eigenvalue weighted by molar-refractivity contribution is 0.896. The summed E-state index contributed by atoms with van der Waals surface area (Å²) in [5, 5.41) is 0.814. The van der Waals surface area contributed by atoms with E-state index in [2.05, 4.69) is 41.6 Å². The van der Waals surface area contributed by atoms with E-state index in [-0.39, 0.29) is 0 Å². The average Bonchev–Trinajstić information content (AvgIpc) is 2.05. The molecule has 0 nitrogen and oxygen atoms in total. The van der Waals surface area contributed by atoms with Crippen LogP contribution in [-0.4, -0.2) is 4.43 Å². The van der Waals surface area contributed by atoms with Crippen LogP contribution in [0.5, 0.6) is 0 Å². The van der Waals surface area contributed by atoms with Gasteiger partial charge >= 0.3 is 0 Å². The minimum atomic E-state index is 0.632. The Bertz CT molecular complexity index is 218. The second kappa shape index (κ2) is 4.31. The van der Waals surface area contributed by atoms with E-state index >= 15 is 0 Å². The molecule has 1 rings (SSSR count). The molecule has 0 fully saturated rings. The van der Waals surface area contributed by atoms with Gasteiger partial charge in [-0.15, -0.1) is 0 Å². The zero-order valence-electron chi connectivity index (χ0n) is 6.35. The third kappa shape index (κ3) is 2.64. The molecule has 11 heavy (non-hydrogen) atoms. The van der Waals surface area contributed by atoms with Crippen LogP contribution < -0.4 is 0 Å². The van der Waals surface area contributed by atoms with Crippen molar-refractivity contribution in [2.45, 2.75) is 12.8 Å². The molecule has 0 saturated heterocycles. The largest absolute Gasteiger partial charge is 0.0857 e. The number of alkyl halides is 1. The number of halogens is 2. The highest BCUT2D eigenvalue weighted by Crippen LogP contribution is 2.19. The van der Waals surface area contributed by atoms with Gasteiger partial charge in [-0.2, -0.15) is 0 Å². The van der Waals surface area contributed by atoms with Gasteiger partial charge in [0.05, 0.1) is 0 Å². The zero-order chi connectivity index (χ0) is 8.27. The lowest BCUT2D eigenvalue weighted by Crippen LogP contribution is -1.92. The maximum absolute atomic E-state index is 5.76. The summed E-state index contributed by atoms with van der Waals surface area (Å²) in [6, 6.07) is 8.07. The number of benzene rings is 1. The summed E-state index contributed by atoms with van der Waals surface area (Å²) >= 11 is 8.15. The molecule has 0 bridgehead atoms. The molecule has 0 aromatic heterocycles. The molecule has 0 aliphatic carbocycles. The second-order valence-electron chi connectivity index (χ2n) is 2.61. The minimum Gasteiger partial charge on any atom is -0.0857 e. The van der Waals surface area contributed by atoms with Crippen molar-refractivity contribution in [2.24, 2.45) is 0 Å². The fourth-order valence-corrected chi connectivity index (χ4v) is 1.51. The second-order valence-corrected chi connectivity index (χ2v) is 3.92. The lowest BCUT2D eigenvalue weighted by Gasteiger charge is -2.06. The molecule has 0 saturated carbocycles. The van der Waals surface area contributed by atoms with Crippen LogP contribution in [-0.2, 0) is 0 Å². The van der Waals surface area contributed by atoms with Crippen LogP contribution in [0.1, 0.15) is 18.4 Å². The highest BCUT2D eigenvalue weighted by molar-refractivity contribution is 14.1.